The fourth-order valence-electron chi connectivity index (χ4n) is 2.71. The van der Waals surface area contributed by atoms with Crippen LogP contribution in [0.1, 0.15) is 11.1 Å². The molecule has 0 bridgehead atoms. The highest BCUT2D eigenvalue weighted by molar-refractivity contribution is 7.14. The number of benzene rings is 2. The van der Waals surface area contributed by atoms with Crippen LogP contribution >= 0.6 is 11.3 Å². The molecule has 0 atom stereocenters. The number of thiazole rings is 1. The van der Waals surface area contributed by atoms with Gasteiger partial charge in [-0.15, -0.1) is 11.3 Å². The van der Waals surface area contributed by atoms with E-state index in [1.807, 2.05) is 32.0 Å². The number of alkyl halides is 4. The number of nitrogens with one attached hydrogen (secondary N) is 1. The van der Waals surface area contributed by atoms with Crippen molar-refractivity contribution in [3.8, 4) is 22.8 Å². The zero-order valence-corrected chi connectivity index (χ0v) is 15.7. The third-order valence-corrected chi connectivity index (χ3v) is 4.41. The molecule has 148 valence electrons. The average molecular weight is 412 g/mol. The van der Waals surface area contributed by atoms with Crippen LogP contribution in [-0.2, 0) is 0 Å². The van der Waals surface area contributed by atoms with E-state index in [-0.39, 0.29) is 17.1 Å². The minimum Gasteiger partial charge on any atom is -0.435 e. The predicted molar refractivity (Wildman–Crippen MR) is 100 cm³/mol. The first-order chi connectivity index (χ1) is 13.3. The van der Waals surface area contributed by atoms with E-state index >= 15 is 0 Å². The first kappa shape index (κ1) is 19.9. The van der Waals surface area contributed by atoms with E-state index in [1.54, 1.807) is 5.38 Å². The lowest BCUT2D eigenvalue weighted by atomic mass is 10.1. The van der Waals surface area contributed by atoms with E-state index < -0.39 is 13.2 Å². The fourth-order valence-corrected chi connectivity index (χ4v) is 3.44. The molecule has 0 aliphatic rings. The molecule has 9 heteroatoms. The Hall–Kier alpha value is -2.81. The molecule has 0 amide bonds. The van der Waals surface area contributed by atoms with Gasteiger partial charge < -0.3 is 14.8 Å². The second kappa shape index (κ2) is 8.47. The Morgan fingerprint density at radius 3 is 2.25 bits per heavy atom. The predicted octanol–water partition coefficient (Wildman–Crippen LogP) is 6.37. The maximum Gasteiger partial charge on any atom is 0.387 e. The van der Waals surface area contributed by atoms with Gasteiger partial charge in [0.1, 0.15) is 11.5 Å². The highest BCUT2D eigenvalue weighted by atomic mass is 32.1. The van der Waals surface area contributed by atoms with E-state index in [0.29, 0.717) is 10.8 Å². The first-order valence-corrected chi connectivity index (χ1v) is 9.03. The summed E-state index contributed by atoms with van der Waals surface area (Å²) in [5.41, 5.74) is 3.63. The number of aromatic nitrogens is 1. The lowest BCUT2D eigenvalue weighted by molar-refractivity contribution is -0.0540. The van der Waals surface area contributed by atoms with Crippen LogP contribution in [0.5, 0.6) is 11.5 Å². The van der Waals surface area contributed by atoms with Crippen molar-refractivity contribution in [3.63, 3.8) is 0 Å². The number of hydrogen-bond acceptors (Lipinski definition) is 5. The van der Waals surface area contributed by atoms with Gasteiger partial charge in [0.25, 0.3) is 0 Å². The van der Waals surface area contributed by atoms with Crippen LogP contribution in [0.4, 0.5) is 28.4 Å². The van der Waals surface area contributed by atoms with Gasteiger partial charge in [-0.1, -0.05) is 6.07 Å². The summed E-state index contributed by atoms with van der Waals surface area (Å²) in [4.78, 5) is 4.39. The number of halogens is 4. The molecule has 0 aliphatic carbocycles. The van der Waals surface area contributed by atoms with Crippen molar-refractivity contribution < 1.29 is 27.0 Å². The standard InChI is InChI=1S/C19H16F4N2O2S/c1-10-5-11(2)7-12(6-10)24-19-25-15(9-28-19)14-4-3-13(26-17(20)21)8-16(14)27-18(22)23/h3-9,17-18H,1-2H3,(H,24,25). The van der Waals surface area contributed by atoms with Crippen LogP contribution in [0.25, 0.3) is 11.3 Å². The van der Waals surface area contributed by atoms with Crippen LogP contribution in [0.3, 0.4) is 0 Å². The molecular weight excluding hydrogens is 396 g/mol. The maximum absolute atomic E-state index is 12.7. The first-order valence-electron chi connectivity index (χ1n) is 8.15. The van der Waals surface area contributed by atoms with Crippen molar-refractivity contribution in [1.29, 1.82) is 0 Å². The Kier molecular flexibility index (Phi) is 6.03. The number of hydrogen-bond donors (Lipinski definition) is 1. The maximum atomic E-state index is 12.7. The van der Waals surface area contributed by atoms with Gasteiger partial charge in [0.05, 0.1) is 5.69 Å². The summed E-state index contributed by atoms with van der Waals surface area (Å²) >= 11 is 1.28. The lowest BCUT2D eigenvalue weighted by Gasteiger charge is -2.12. The number of ether oxygens (including phenoxy) is 2. The molecule has 3 aromatic rings. The van der Waals surface area contributed by atoms with Crippen LogP contribution < -0.4 is 14.8 Å². The van der Waals surface area contributed by atoms with Gasteiger partial charge in [0, 0.05) is 22.7 Å². The summed E-state index contributed by atoms with van der Waals surface area (Å²) in [7, 11) is 0. The summed E-state index contributed by atoms with van der Waals surface area (Å²) < 4.78 is 58.9. The normalized spacial score (nSPS) is 11.1. The SMILES string of the molecule is Cc1cc(C)cc(Nc2nc(-c3ccc(OC(F)F)cc3OC(F)F)cs2)c1. The van der Waals surface area contributed by atoms with Crippen molar-refractivity contribution >= 4 is 22.2 Å². The third kappa shape index (κ3) is 5.13. The van der Waals surface area contributed by atoms with E-state index in [2.05, 4.69) is 19.8 Å². The summed E-state index contributed by atoms with van der Waals surface area (Å²) in [6.45, 7) is -2.24. The highest BCUT2D eigenvalue weighted by Crippen LogP contribution is 2.37. The Bertz CT molecular complexity index is 943. The number of rotatable bonds is 7. The van der Waals surface area contributed by atoms with Gasteiger partial charge >= 0.3 is 13.2 Å². The third-order valence-electron chi connectivity index (χ3n) is 3.65. The summed E-state index contributed by atoms with van der Waals surface area (Å²) in [6, 6.07) is 9.53. The Morgan fingerprint density at radius 1 is 0.929 bits per heavy atom. The van der Waals surface area contributed by atoms with Crippen molar-refractivity contribution in [2.45, 2.75) is 27.1 Å². The van der Waals surface area contributed by atoms with E-state index in [4.69, 9.17) is 0 Å². The Balaban J connectivity index is 1.88. The van der Waals surface area contributed by atoms with Crippen LogP contribution in [0, 0.1) is 13.8 Å². The summed E-state index contributed by atoms with van der Waals surface area (Å²) in [5, 5.41) is 5.38. The molecule has 0 radical (unpaired) electrons. The Labute approximate surface area is 162 Å². The molecule has 0 unspecified atom stereocenters. The smallest absolute Gasteiger partial charge is 0.387 e. The van der Waals surface area contributed by atoms with E-state index in [9.17, 15) is 17.6 Å². The molecule has 3 rings (SSSR count). The Morgan fingerprint density at radius 2 is 1.61 bits per heavy atom. The summed E-state index contributed by atoms with van der Waals surface area (Å²) in [6.07, 6.45) is 0. The van der Waals surface area contributed by atoms with Gasteiger partial charge in [0.15, 0.2) is 5.13 Å². The zero-order chi connectivity index (χ0) is 20.3. The van der Waals surface area contributed by atoms with Crippen LogP contribution in [0.2, 0.25) is 0 Å². The fraction of sp³-hybridized carbons (Fsp3) is 0.211. The molecular formula is C19H16F4N2O2S. The largest absolute Gasteiger partial charge is 0.435 e. The summed E-state index contributed by atoms with van der Waals surface area (Å²) in [5.74, 6) is -0.574. The topological polar surface area (TPSA) is 43.4 Å². The van der Waals surface area contributed by atoms with Crippen molar-refractivity contribution in [2.24, 2.45) is 0 Å². The second-order valence-electron chi connectivity index (χ2n) is 5.95. The number of aryl methyl sites for hydroxylation is 2. The molecule has 1 aromatic heterocycles. The van der Waals surface area contributed by atoms with E-state index in [0.717, 1.165) is 22.9 Å². The molecule has 0 saturated carbocycles. The highest BCUT2D eigenvalue weighted by Gasteiger charge is 2.17. The van der Waals surface area contributed by atoms with E-state index in [1.165, 1.54) is 23.5 Å². The molecule has 4 nitrogen and oxygen atoms in total. The molecule has 1 heterocycles. The monoisotopic (exact) mass is 412 g/mol. The lowest BCUT2D eigenvalue weighted by Crippen LogP contribution is -2.05. The quantitative estimate of drug-likeness (QED) is 0.458. The molecule has 1 N–H and O–H groups in total. The van der Waals surface area contributed by atoms with Gasteiger partial charge in [0.2, 0.25) is 0 Å². The molecule has 2 aromatic carbocycles. The van der Waals surface area contributed by atoms with Crippen molar-refractivity contribution in [2.75, 3.05) is 5.32 Å². The van der Waals surface area contributed by atoms with Gasteiger partial charge in [-0.2, -0.15) is 17.6 Å². The molecule has 0 aliphatic heterocycles. The second-order valence-corrected chi connectivity index (χ2v) is 6.81. The number of anilines is 2. The average Bonchev–Trinajstić information content (AvgIpc) is 3.01. The molecule has 0 spiro atoms. The van der Waals surface area contributed by atoms with Crippen molar-refractivity contribution in [1.82, 2.24) is 4.98 Å². The van der Waals surface area contributed by atoms with Gasteiger partial charge in [-0.3, -0.25) is 0 Å². The molecule has 28 heavy (non-hydrogen) atoms. The molecule has 0 fully saturated rings. The minimum atomic E-state index is -3.12. The van der Waals surface area contributed by atoms with Gasteiger partial charge in [-0.05, 0) is 49.2 Å². The molecule has 0 saturated heterocycles. The minimum absolute atomic E-state index is 0.242. The van der Waals surface area contributed by atoms with Crippen molar-refractivity contribution in [3.05, 3.63) is 52.9 Å². The van der Waals surface area contributed by atoms with Crippen LogP contribution in [-0.4, -0.2) is 18.2 Å². The van der Waals surface area contributed by atoms with Gasteiger partial charge in [-0.25, -0.2) is 4.98 Å². The van der Waals surface area contributed by atoms with Crippen LogP contribution in [0.15, 0.2) is 41.8 Å². The number of nitrogens with zero attached hydrogens (tertiary/aromatic N) is 1. The zero-order valence-electron chi connectivity index (χ0n) is 14.9.